The predicted octanol–water partition coefficient (Wildman–Crippen LogP) is 2.82. The zero-order chi connectivity index (χ0) is 16.1. The van der Waals surface area contributed by atoms with Gasteiger partial charge in [-0.3, -0.25) is 4.79 Å². The second kappa shape index (κ2) is 7.48. The minimum absolute atomic E-state index is 0.0485. The van der Waals surface area contributed by atoms with Crippen molar-refractivity contribution in [2.75, 3.05) is 13.2 Å². The number of furan rings is 1. The fraction of sp³-hybridized carbons (Fsp3) is 0.375. The third kappa shape index (κ3) is 4.24. The number of nitrogens with zero attached hydrogens (tertiary/aromatic N) is 1. The van der Waals surface area contributed by atoms with Crippen molar-refractivity contribution in [3.8, 4) is 5.88 Å². The normalized spacial score (nSPS) is 15.3. The molecular formula is C16H17ClN2O4. The van der Waals surface area contributed by atoms with Crippen molar-refractivity contribution in [3.05, 3.63) is 47.0 Å². The first-order chi connectivity index (χ1) is 11.2. The molecule has 1 aliphatic rings. The van der Waals surface area contributed by atoms with E-state index in [-0.39, 0.29) is 12.0 Å². The molecule has 3 rings (SSSR count). The molecule has 1 amide bonds. The van der Waals surface area contributed by atoms with Crippen LogP contribution in [0.25, 0.3) is 0 Å². The van der Waals surface area contributed by atoms with Crippen molar-refractivity contribution >= 4 is 17.5 Å². The average Bonchev–Trinajstić information content (AvgIpc) is 3.09. The van der Waals surface area contributed by atoms with Gasteiger partial charge in [-0.1, -0.05) is 11.6 Å². The van der Waals surface area contributed by atoms with E-state index < -0.39 is 0 Å². The SMILES string of the molecule is O=C(NCc1ccco1)c1cnc(OC2CCOCC2)c(Cl)c1. The minimum Gasteiger partial charge on any atom is -0.473 e. The molecule has 6 nitrogen and oxygen atoms in total. The van der Waals surface area contributed by atoms with Gasteiger partial charge in [0, 0.05) is 19.0 Å². The van der Waals surface area contributed by atoms with Gasteiger partial charge in [0.15, 0.2) is 0 Å². The first-order valence-electron chi connectivity index (χ1n) is 7.43. The highest BCUT2D eigenvalue weighted by molar-refractivity contribution is 6.32. The summed E-state index contributed by atoms with van der Waals surface area (Å²) in [7, 11) is 0. The molecular weight excluding hydrogens is 320 g/mol. The van der Waals surface area contributed by atoms with Crippen LogP contribution in [0.15, 0.2) is 35.1 Å². The largest absolute Gasteiger partial charge is 0.473 e. The van der Waals surface area contributed by atoms with Crippen LogP contribution in [-0.2, 0) is 11.3 Å². The smallest absolute Gasteiger partial charge is 0.253 e. The topological polar surface area (TPSA) is 73.6 Å². The Labute approximate surface area is 138 Å². The minimum atomic E-state index is -0.270. The molecule has 3 heterocycles. The van der Waals surface area contributed by atoms with Gasteiger partial charge in [-0.2, -0.15) is 0 Å². The number of ether oxygens (including phenoxy) is 2. The summed E-state index contributed by atoms with van der Waals surface area (Å²) in [4.78, 5) is 16.2. The van der Waals surface area contributed by atoms with Gasteiger partial charge in [0.2, 0.25) is 5.88 Å². The maximum atomic E-state index is 12.1. The Morgan fingerprint density at radius 1 is 1.43 bits per heavy atom. The molecule has 1 aliphatic heterocycles. The van der Waals surface area contributed by atoms with Crippen LogP contribution in [0, 0.1) is 0 Å². The van der Waals surface area contributed by atoms with Crippen LogP contribution in [0.3, 0.4) is 0 Å². The summed E-state index contributed by atoms with van der Waals surface area (Å²) in [6.45, 7) is 1.66. The number of carbonyl (C=O) groups excluding carboxylic acids is 1. The van der Waals surface area contributed by atoms with E-state index in [1.165, 1.54) is 6.20 Å². The zero-order valence-corrected chi connectivity index (χ0v) is 13.2. The quantitative estimate of drug-likeness (QED) is 0.908. The fourth-order valence-electron chi connectivity index (χ4n) is 2.27. The predicted molar refractivity (Wildman–Crippen MR) is 83.6 cm³/mol. The van der Waals surface area contributed by atoms with Gasteiger partial charge >= 0.3 is 0 Å². The van der Waals surface area contributed by atoms with Crippen molar-refractivity contribution in [2.45, 2.75) is 25.5 Å². The Hall–Kier alpha value is -2.05. The first kappa shape index (κ1) is 15.8. The molecule has 122 valence electrons. The van der Waals surface area contributed by atoms with Gasteiger partial charge in [-0.15, -0.1) is 0 Å². The summed E-state index contributed by atoms with van der Waals surface area (Å²) in [6.07, 6.45) is 4.68. The van der Waals surface area contributed by atoms with E-state index in [0.717, 1.165) is 12.8 Å². The van der Waals surface area contributed by atoms with Gasteiger partial charge in [-0.25, -0.2) is 4.98 Å². The summed E-state index contributed by atoms with van der Waals surface area (Å²) in [5.74, 6) is 0.756. The monoisotopic (exact) mass is 336 g/mol. The zero-order valence-electron chi connectivity index (χ0n) is 12.5. The molecule has 0 bridgehead atoms. The number of hydrogen-bond acceptors (Lipinski definition) is 5. The number of halogens is 1. The molecule has 0 unspecified atom stereocenters. The van der Waals surface area contributed by atoms with Crippen LogP contribution < -0.4 is 10.1 Å². The van der Waals surface area contributed by atoms with E-state index in [4.69, 9.17) is 25.5 Å². The molecule has 23 heavy (non-hydrogen) atoms. The highest BCUT2D eigenvalue weighted by Crippen LogP contribution is 2.25. The summed E-state index contributed by atoms with van der Waals surface area (Å²) in [6, 6.07) is 5.11. The lowest BCUT2D eigenvalue weighted by molar-refractivity contribution is 0.0238. The second-order valence-corrected chi connectivity index (χ2v) is 5.61. The molecule has 7 heteroatoms. The molecule has 2 aromatic rings. The molecule has 1 fully saturated rings. The van der Waals surface area contributed by atoms with E-state index in [1.54, 1.807) is 24.5 Å². The van der Waals surface area contributed by atoms with Crippen LogP contribution in [0.1, 0.15) is 29.0 Å². The maximum absolute atomic E-state index is 12.1. The number of aromatic nitrogens is 1. The number of carbonyl (C=O) groups is 1. The standard InChI is InChI=1S/C16H17ClN2O4/c17-14-8-11(15(20)18-10-13-2-1-5-22-13)9-19-16(14)23-12-3-6-21-7-4-12/h1-2,5,8-9,12H,3-4,6-7,10H2,(H,18,20). The Bertz CT molecular complexity index is 654. The molecule has 0 aliphatic carbocycles. The Morgan fingerprint density at radius 2 is 2.26 bits per heavy atom. The molecule has 0 radical (unpaired) electrons. The average molecular weight is 337 g/mol. The van der Waals surface area contributed by atoms with E-state index in [1.807, 2.05) is 0 Å². The molecule has 0 atom stereocenters. The number of nitrogens with one attached hydrogen (secondary N) is 1. The molecule has 0 aromatic carbocycles. The highest BCUT2D eigenvalue weighted by Gasteiger charge is 2.18. The number of hydrogen-bond donors (Lipinski definition) is 1. The third-order valence-electron chi connectivity index (χ3n) is 3.52. The van der Waals surface area contributed by atoms with Crippen LogP contribution in [0.5, 0.6) is 5.88 Å². The van der Waals surface area contributed by atoms with Crippen LogP contribution in [-0.4, -0.2) is 30.2 Å². The van der Waals surface area contributed by atoms with Crippen LogP contribution >= 0.6 is 11.6 Å². The molecule has 1 saturated heterocycles. The first-order valence-corrected chi connectivity index (χ1v) is 7.80. The van der Waals surface area contributed by atoms with Gasteiger partial charge < -0.3 is 19.2 Å². The van der Waals surface area contributed by atoms with E-state index in [2.05, 4.69) is 10.3 Å². The Kier molecular flexibility index (Phi) is 5.15. The summed E-state index contributed by atoms with van der Waals surface area (Å²) in [5, 5.41) is 3.06. The van der Waals surface area contributed by atoms with E-state index in [0.29, 0.717) is 42.0 Å². The van der Waals surface area contributed by atoms with Crippen molar-refractivity contribution in [1.82, 2.24) is 10.3 Å². The lowest BCUT2D eigenvalue weighted by Gasteiger charge is -2.23. The summed E-state index contributed by atoms with van der Waals surface area (Å²) < 4.78 is 16.2. The number of amides is 1. The molecule has 1 N–H and O–H groups in total. The van der Waals surface area contributed by atoms with Crippen molar-refractivity contribution < 1.29 is 18.7 Å². The number of rotatable bonds is 5. The van der Waals surface area contributed by atoms with Gasteiger partial charge in [0.1, 0.15) is 16.9 Å². The lowest BCUT2D eigenvalue weighted by Crippen LogP contribution is -2.26. The number of pyridine rings is 1. The van der Waals surface area contributed by atoms with Crippen molar-refractivity contribution in [3.63, 3.8) is 0 Å². The second-order valence-electron chi connectivity index (χ2n) is 5.20. The fourth-order valence-corrected chi connectivity index (χ4v) is 2.48. The van der Waals surface area contributed by atoms with Crippen molar-refractivity contribution in [2.24, 2.45) is 0 Å². The summed E-state index contributed by atoms with van der Waals surface area (Å²) >= 11 is 6.18. The Morgan fingerprint density at radius 3 is 2.96 bits per heavy atom. The van der Waals surface area contributed by atoms with Crippen molar-refractivity contribution in [1.29, 1.82) is 0 Å². The van der Waals surface area contributed by atoms with Gasteiger partial charge in [-0.05, 0) is 18.2 Å². The molecule has 0 spiro atoms. The molecule has 0 saturated carbocycles. The van der Waals surface area contributed by atoms with Crippen LogP contribution in [0.4, 0.5) is 0 Å². The Balaban J connectivity index is 1.60. The highest BCUT2D eigenvalue weighted by atomic mass is 35.5. The van der Waals surface area contributed by atoms with E-state index in [9.17, 15) is 4.79 Å². The third-order valence-corrected chi connectivity index (χ3v) is 3.79. The van der Waals surface area contributed by atoms with E-state index >= 15 is 0 Å². The van der Waals surface area contributed by atoms with Gasteiger partial charge in [0.05, 0.1) is 31.6 Å². The molecule has 2 aromatic heterocycles. The lowest BCUT2D eigenvalue weighted by atomic mass is 10.1. The maximum Gasteiger partial charge on any atom is 0.253 e. The summed E-state index contributed by atoms with van der Waals surface area (Å²) in [5.41, 5.74) is 0.376. The van der Waals surface area contributed by atoms with Gasteiger partial charge in [0.25, 0.3) is 5.91 Å². The van der Waals surface area contributed by atoms with Crippen LogP contribution in [0.2, 0.25) is 5.02 Å².